The normalized spacial score (nSPS) is 16.6. The van der Waals surface area contributed by atoms with Gasteiger partial charge in [-0.25, -0.2) is 4.79 Å². The Balaban J connectivity index is 0.000000302. The summed E-state index contributed by atoms with van der Waals surface area (Å²) in [6.45, 7) is 9.51. The second-order valence-electron chi connectivity index (χ2n) is 8.98. The summed E-state index contributed by atoms with van der Waals surface area (Å²) >= 11 is 4.15. The van der Waals surface area contributed by atoms with Gasteiger partial charge >= 0.3 is 11.9 Å². The molecule has 2 atom stereocenters. The lowest BCUT2D eigenvalue weighted by molar-refractivity contribution is -0.152. The lowest BCUT2D eigenvalue weighted by atomic mass is 10.0. The average molecular weight is 504 g/mol. The summed E-state index contributed by atoms with van der Waals surface area (Å²) in [7, 11) is 2.99. The smallest absolute Gasteiger partial charge is 0.328 e. The van der Waals surface area contributed by atoms with Crippen LogP contribution >= 0.6 is 12.6 Å². The zero-order valence-corrected chi connectivity index (χ0v) is 22.5. The average Bonchev–Trinajstić information content (AvgIpc) is 3.19. The summed E-state index contributed by atoms with van der Waals surface area (Å²) in [5.41, 5.74) is 0.284. The molecule has 0 aromatic heterocycles. The Hall–Kier alpha value is -3.00. The quantitative estimate of drug-likeness (QED) is 0.467. The highest BCUT2D eigenvalue weighted by Gasteiger charge is 2.40. The van der Waals surface area contributed by atoms with Crippen molar-refractivity contribution in [1.82, 2.24) is 4.90 Å². The van der Waals surface area contributed by atoms with Gasteiger partial charge in [0.25, 0.3) is 5.91 Å². The van der Waals surface area contributed by atoms with Gasteiger partial charge < -0.3 is 19.1 Å². The zero-order chi connectivity index (χ0) is 26.6. The molecule has 0 saturated carbocycles. The number of hydrogen-bond donors (Lipinski definition) is 1. The number of methoxy groups -OCH3 is 2. The van der Waals surface area contributed by atoms with E-state index >= 15 is 0 Å². The summed E-state index contributed by atoms with van der Waals surface area (Å²) in [5, 5.41) is 0. The summed E-state index contributed by atoms with van der Waals surface area (Å²) in [4.78, 5) is 36.8. The van der Waals surface area contributed by atoms with Gasteiger partial charge in [-0.3, -0.25) is 9.59 Å². The number of ether oxygens (including phenoxy) is 3. The van der Waals surface area contributed by atoms with E-state index in [1.54, 1.807) is 24.1 Å². The number of nitrogens with zero attached hydrogens (tertiary/aromatic N) is 1. The highest BCUT2D eigenvalue weighted by atomic mass is 32.1. The number of amides is 1. The Morgan fingerprint density at radius 3 is 1.97 bits per heavy atom. The maximum atomic E-state index is 12.3. The molecule has 1 aliphatic heterocycles. The van der Waals surface area contributed by atoms with Crippen LogP contribution in [0.2, 0.25) is 0 Å². The van der Waals surface area contributed by atoms with Crippen LogP contribution in [-0.4, -0.2) is 55.2 Å². The van der Waals surface area contributed by atoms with E-state index in [0.717, 1.165) is 17.1 Å². The number of hydrogen-bond acceptors (Lipinski definition) is 7. The molecule has 3 rings (SSSR count). The van der Waals surface area contributed by atoms with Crippen LogP contribution in [0.4, 0.5) is 0 Å². The molecule has 0 bridgehead atoms. The lowest BCUT2D eigenvalue weighted by Crippen LogP contribution is -2.43. The topological polar surface area (TPSA) is 82.1 Å². The SMILES string of the molecule is CC(=O)OC(C)(C)C.COC(=O)C1C(C)CCN1C(=O)c1ccccc1.COc1ccccc1S. The Kier molecular flexibility index (Phi) is 12.4. The van der Waals surface area contributed by atoms with E-state index < -0.39 is 6.04 Å². The van der Waals surface area contributed by atoms with Crippen LogP contribution in [0.25, 0.3) is 0 Å². The van der Waals surface area contributed by atoms with Crippen molar-refractivity contribution in [3.05, 3.63) is 60.2 Å². The molecule has 2 aromatic rings. The van der Waals surface area contributed by atoms with E-state index in [1.165, 1.54) is 14.0 Å². The predicted molar refractivity (Wildman–Crippen MR) is 139 cm³/mol. The first-order valence-corrected chi connectivity index (χ1v) is 11.8. The molecule has 1 saturated heterocycles. The minimum Gasteiger partial charge on any atom is -0.496 e. The number of thiol groups is 1. The van der Waals surface area contributed by atoms with E-state index in [0.29, 0.717) is 12.1 Å². The van der Waals surface area contributed by atoms with Gasteiger partial charge in [-0.15, -0.1) is 12.6 Å². The summed E-state index contributed by atoms with van der Waals surface area (Å²) in [6.07, 6.45) is 0.832. The third-order valence-corrected chi connectivity index (χ3v) is 5.33. The molecule has 7 nitrogen and oxygen atoms in total. The molecule has 1 aliphatic rings. The van der Waals surface area contributed by atoms with Crippen LogP contribution < -0.4 is 4.74 Å². The van der Waals surface area contributed by atoms with Crippen LogP contribution in [-0.2, 0) is 19.1 Å². The van der Waals surface area contributed by atoms with Gasteiger partial charge in [-0.2, -0.15) is 0 Å². The molecule has 2 aromatic carbocycles. The molecule has 2 unspecified atom stereocenters. The van der Waals surface area contributed by atoms with Gasteiger partial charge in [-0.05, 0) is 57.4 Å². The summed E-state index contributed by atoms with van der Waals surface area (Å²) < 4.78 is 14.6. The summed E-state index contributed by atoms with van der Waals surface area (Å²) in [5.74, 6) is 0.308. The number of benzene rings is 2. The Morgan fingerprint density at radius 1 is 0.971 bits per heavy atom. The van der Waals surface area contributed by atoms with Crippen LogP contribution in [0.3, 0.4) is 0 Å². The number of para-hydroxylation sites is 1. The van der Waals surface area contributed by atoms with Crippen LogP contribution in [0.15, 0.2) is 59.5 Å². The van der Waals surface area contributed by atoms with Crippen molar-refractivity contribution in [3.63, 3.8) is 0 Å². The second kappa shape index (κ2) is 14.4. The van der Waals surface area contributed by atoms with Gasteiger partial charge in [0.05, 0.1) is 14.2 Å². The molecular weight excluding hydrogens is 466 g/mol. The minimum absolute atomic E-state index is 0.102. The van der Waals surface area contributed by atoms with E-state index in [2.05, 4.69) is 12.6 Å². The largest absolute Gasteiger partial charge is 0.496 e. The number of carbonyl (C=O) groups is 3. The zero-order valence-electron chi connectivity index (χ0n) is 21.6. The van der Waals surface area contributed by atoms with Gasteiger partial charge in [-0.1, -0.05) is 37.3 Å². The first-order chi connectivity index (χ1) is 16.4. The summed E-state index contributed by atoms with van der Waals surface area (Å²) in [6, 6.07) is 16.2. The van der Waals surface area contributed by atoms with Gasteiger partial charge in [0.2, 0.25) is 0 Å². The van der Waals surface area contributed by atoms with Crippen LogP contribution in [0, 0.1) is 5.92 Å². The number of carbonyl (C=O) groups excluding carboxylic acids is 3. The molecule has 1 amide bonds. The van der Waals surface area contributed by atoms with Crippen molar-refractivity contribution in [3.8, 4) is 5.75 Å². The lowest BCUT2D eigenvalue weighted by Gasteiger charge is -2.24. The molecule has 0 aliphatic carbocycles. The Bertz CT molecular complexity index is 958. The Labute approximate surface area is 214 Å². The molecule has 0 spiro atoms. The van der Waals surface area contributed by atoms with Crippen molar-refractivity contribution >= 4 is 30.5 Å². The first-order valence-electron chi connectivity index (χ1n) is 11.4. The molecule has 0 N–H and O–H groups in total. The third kappa shape index (κ3) is 10.4. The number of esters is 2. The van der Waals surface area contributed by atoms with E-state index in [4.69, 9.17) is 14.2 Å². The fourth-order valence-electron chi connectivity index (χ4n) is 3.46. The molecule has 35 heavy (non-hydrogen) atoms. The second-order valence-corrected chi connectivity index (χ2v) is 9.46. The van der Waals surface area contributed by atoms with Crippen molar-refractivity contribution < 1.29 is 28.6 Å². The fraction of sp³-hybridized carbons (Fsp3) is 0.444. The van der Waals surface area contributed by atoms with Crippen LogP contribution in [0.1, 0.15) is 51.4 Å². The third-order valence-electron chi connectivity index (χ3n) is 4.96. The molecule has 192 valence electrons. The molecular formula is C27H37NO6S. The van der Waals surface area contributed by atoms with Gasteiger partial charge in [0.1, 0.15) is 17.4 Å². The number of likely N-dealkylation sites (tertiary alicyclic amines) is 1. The van der Waals surface area contributed by atoms with Crippen molar-refractivity contribution in [2.75, 3.05) is 20.8 Å². The minimum atomic E-state index is -0.456. The highest BCUT2D eigenvalue weighted by molar-refractivity contribution is 7.80. The van der Waals surface area contributed by atoms with Crippen molar-refractivity contribution in [2.24, 2.45) is 5.92 Å². The fourth-order valence-corrected chi connectivity index (χ4v) is 3.71. The number of rotatable bonds is 3. The van der Waals surface area contributed by atoms with Gasteiger partial charge in [0.15, 0.2) is 0 Å². The standard InChI is InChI=1S/C14H17NO3.C7H8OS.C6H12O2/c1-10-8-9-15(12(10)14(17)18-2)13(16)11-6-4-3-5-7-11;1-8-6-4-2-3-5-7(6)9;1-5(7)8-6(2,3)4/h3-7,10,12H,8-9H2,1-2H3;2-5,9H,1H3;1-4H3. The van der Waals surface area contributed by atoms with E-state index in [1.807, 2.05) is 70.2 Å². The Morgan fingerprint density at radius 2 is 1.54 bits per heavy atom. The monoisotopic (exact) mass is 503 g/mol. The van der Waals surface area contributed by atoms with Crippen molar-refractivity contribution in [2.45, 2.75) is 57.6 Å². The molecule has 0 radical (unpaired) electrons. The molecule has 1 heterocycles. The highest BCUT2D eigenvalue weighted by Crippen LogP contribution is 2.26. The van der Waals surface area contributed by atoms with Crippen molar-refractivity contribution in [1.29, 1.82) is 0 Å². The first kappa shape index (κ1) is 30.0. The molecule has 8 heteroatoms. The predicted octanol–water partition coefficient (Wildman–Crippen LogP) is 5.04. The molecule has 1 fully saturated rings. The maximum Gasteiger partial charge on any atom is 0.328 e. The van der Waals surface area contributed by atoms with E-state index in [9.17, 15) is 14.4 Å². The van der Waals surface area contributed by atoms with Gasteiger partial charge in [0, 0.05) is 23.9 Å². The van der Waals surface area contributed by atoms with Crippen LogP contribution in [0.5, 0.6) is 5.75 Å². The maximum absolute atomic E-state index is 12.3. The van der Waals surface area contributed by atoms with E-state index in [-0.39, 0.29) is 29.4 Å².